The fraction of sp³-hybridized carbons (Fsp3) is 0.333. The Kier molecular flexibility index (Phi) is 8.23. The molecule has 0 radical (unpaired) electrons. The van der Waals surface area contributed by atoms with Crippen LogP contribution in [0, 0.1) is 0 Å². The highest BCUT2D eigenvalue weighted by Crippen LogP contribution is 2.30. The van der Waals surface area contributed by atoms with Crippen LogP contribution in [0.2, 0.25) is 0 Å². The molecule has 6 heteroatoms. The summed E-state index contributed by atoms with van der Waals surface area (Å²) in [5.41, 5.74) is 2.79. The lowest BCUT2D eigenvalue weighted by Gasteiger charge is -2.45. The maximum absolute atomic E-state index is 10.8. The average molecular weight is 451 g/mol. The fourth-order valence-corrected chi connectivity index (χ4v) is 4.04. The summed E-state index contributed by atoms with van der Waals surface area (Å²) in [5.74, 6) is 0. The van der Waals surface area contributed by atoms with E-state index in [1.165, 1.54) is 0 Å². The Morgan fingerprint density at radius 1 is 0.424 bits per heavy atom. The molecule has 0 heterocycles. The SMILES string of the molecule is OC1[C@@H](O)[C@H](OCc2ccccc2)C(OCc2ccccc2)[C@@H](OCc2ccccc2)[C@@H]1O. The zero-order valence-corrected chi connectivity index (χ0v) is 18.3. The molecule has 0 aliphatic heterocycles. The van der Waals surface area contributed by atoms with Gasteiger partial charge in [-0.1, -0.05) is 91.0 Å². The average Bonchev–Trinajstić information content (AvgIpc) is 2.87. The topological polar surface area (TPSA) is 88.4 Å². The van der Waals surface area contributed by atoms with Crippen LogP contribution in [0.5, 0.6) is 0 Å². The van der Waals surface area contributed by atoms with Gasteiger partial charge in [0.2, 0.25) is 0 Å². The first-order chi connectivity index (χ1) is 16.1. The van der Waals surface area contributed by atoms with E-state index in [-0.39, 0.29) is 19.8 Å². The van der Waals surface area contributed by atoms with E-state index in [0.717, 1.165) is 16.7 Å². The molecule has 4 rings (SSSR count). The predicted molar refractivity (Wildman–Crippen MR) is 123 cm³/mol. The van der Waals surface area contributed by atoms with Crippen molar-refractivity contribution in [3.63, 3.8) is 0 Å². The Morgan fingerprint density at radius 2 is 0.727 bits per heavy atom. The van der Waals surface area contributed by atoms with Crippen LogP contribution in [0.4, 0.5) is 0 Å². The molecule has 33 heavy (non-hydrogen) atoms. The Morgan fingerprint density at radius 3 is 1.06 bits per heavy atom. The third kappa shape index (κ3) is 6.06. The quantitative estimate of drug-likeness (QED) is 0.465. The number of rotatable bonds is 9. The van der Waals surface area contributed by atoms with Crippen molar-refractivity contribution in [3.05, 3.63) is 108 Å². The van der Waals surface area contributed by atoms with E-state index in [9.17, 15) is 15.3 Å². The number of aliphatic hydroxyl groups is 3. The third-order valence-electron chi connectivity index (χ3n) is 5.88. The number of aliphatic hydroxyl groups excluding tert-OH is 3. The summed E-state index contributed by atoms with van der Waals surface area (Å²) >= 11 is 0. The van der Waals surface area contributed by atoms with Crippen LogP contribution in [0.15, 0.2) is 91.0 Å². The Labute approximate surface area is 194 Å². The van der Waals surface area contributed by atoms with E-state index in [2.05, 4.69) is 0 Å². The van der Waals surface area contributed by atoms with Crippen LogP contribution in [0.25, 0.3) is 0 Å². The highest BCUT2D eigenvalue weighted by molar-refractivity contribution is 5.16. The molecule has 0 unspecified atom stereocenters. The number of hydrogen-bond acceptors (Lipinski definition) is 6. The molecule has 6 nitrogen and oxygen atoms in total. The summed E-state index contributed by atoms with van der Waals surface area (Å²) in [6.45, 7) is 0.696. The van der Waals surface area contributed by atoms with Gasteiger partial charge in [-0.05, 0) is 16.7 Å². The lowest BCUT2D eigenvalue weighted by molar-refractivity contribution is -0.263. The van der Waals surface area contributed by atoms with Crippen molar-refractivity contribution in [3.8, 4) is 0 Å². The highest BCUT2D eigenvalue weighted by Gasteiger charge is 2.51. The van der Waals surface area contributed by atoms with Gasteiger partial charge in [-0.2, -0.15) is 0 Å². The predicted octanol–water partition coefficient (Wildman–Crippen LogP) is 2.84. The summed E-state index contributed by atoms with van der Waals surface area (Å²) in [6.07, 6.45) is -6.68. The van der Waals surface area contributed by atoms with E-state index in [1.54, 1.807) is 0 Å². The molecule has 174 valence electrons. The molecule has 0 saturated heterocycles. The van der Waals surface area contributed by atoms with Crippen LogP contribution >= 0.6 is 0 Å². The van der Waals surface area contributed by atoms with Crippen molar-refractivity contribution in [1.82, 2.24) is 0 Å². The van der Waals surface area contributed by atoms with Gasteiger partial charge in [0, 0.05) is 0 Å². The van der Waals surface area contributed by atoms with Crippen LogP contribution in [-0.2, 0) is 34.0 Å². The van der Waals surface area contributed by atoms with Gasteiger partial charge < -0.3 is 29.5 Å². The molecule has 3 N–H and O–H groups in total. The van der Waals surface area contributed by atoms with Gasteiger partial charge in [0.15, 0.2) is 0 Å². The van der Waals surface area contributed by atoms with Gasteiger partial charge in [-0.25, -0.2) is 0 Å². The third-order valence-corrected chi connectivity index (χ3v) is 5.88. The van der Waals surface area contributed by atoms with E-state index in [0.29, 0.717) is 0 Å². The minimum absolute atomic E-state index is 0.224. The second kappa shape index (κ2) is 11.5. The summed E-state index contributed by atoms with van der Waals surface area (Å²) in [4.78, 5) is 0. The van der Waals surface area contributed by atoms with Crippen molar-refractivity contribution in [2.45, 2.75) is 56.4 Å². The van der Waals surface area contributed by atoms with Crippen LogP contribution in [-0.4, -0.2) is 51.9 Å². The van der Waals surface area contributed by atoms with Gasteiger partial charge in [-0.15, -0.1) is 0 Å². The summed E-state index contributed by atoms with van der Waals surface area (Å²) in [5, 5.41) is 32.1. The Hall–Kier alpha value is -2.58. The van der Waals surface area contributed by atoms with E-state index in [4.69, 9.17) is 14.2 Å². The molecule has 1 saturated carbocycles. The summed E-state index contributed by atoms with van der Waals surface area (Å²) in [6, 6.07) is 28.8. The molecular formula is C27H30O6. The monoisotopic (exact) mass is 450 g/mol. The molecule has 0 amide bonds. The second-order valence-corrected chi connectivity index (χ2v) is 8.26. The largest absolute Gasteiger partial charge is 0.387 e. The van der Waals surface area contributed by atoms with E-state index in [1.807, 2.05) is 91.0 Å². The standard InChI is InChI=1S/C27H30O6/c28-22-23(29)25(31-16-19-10-4-1-5-11-19)27(33-18-21-14-8-3-9-15-21)26(24(22)30)32-17-20-12-6-2-7-13-20/h1-15,22-30H,16-18H2/t22?,23-,24-,25+,26+,27?/m1/s1. The zero-order valence-electron chi connectivity index (χ0n) is 18.3. The second-order valence-electron chi connectivity index (χ2n) is 8.26. The molecule has 1 aliphatic rings. The van der Waals surface area contributed by atoms with Crippen molar-refractivity contribution in [2.24, 2.45) is 0 Å². The lowest BCUT2D eigenvalue weighted by atomic mass is 9.84. The number of ether oxygens (including phenoxy) is 3. The molecule has 0 aromatic heterocycles. The molecule has 3 aromatic carbocycles. The number of hydrogen-bond donors (Lipinski definition) is 3. The Balaban J connectivity index is 1.54. The summed E-state index contributed by atoms with van der Waals surface area (Å²) in [7, 11) is 0. The number of benzene rings is 3. The first-order valence-corrected chi connectivity index (χ1v) is 11.1. The molecular weight excluding hydrogens is 420 g/mol. The summed E-state index contributed by atoms with van der Waals surface area (Å²) < 4.78 is 18.3. The smallest absolute Gasteiger partial charge is 0.116 e. The first kappa shape index (κ1) is 23.6. The molecule has 4 atom stereocenters. The van der Waals surface area contributed by atoms with E-state index < -0.39 is 36.6 Å². The highest BCUT2D eigenvalue weighted by atomic mass is 16.6. The molecule has 3 aromatic rings. The van der Waals surface area contributed by atoms with Crippen molar-refractivity contribution < 1.29 is 29.5 Å². The van der Waals surface area contributed by atoms with Crippen LogP contribution < -0.4 is 0 Å². The maximum Gasteiger partial charge on any atom is 0.116 e. The lowest BCUT2D eigenvalue weighted by Crippen LogP contribution is -2.65. The minimum Gasteiger partial charge on any atom is -0.387 e. The zero-order chi connectivity index (χ0) is 23.0. The van der Waals surface area contributed by atoms with Gasteiger partial charge in [0.05, 0.1) is 19.8 Å². The van der Waals surface area contributed by atoms with Crippen molar-refractivity contribution in [2.75, 3.05) is 0 Å². The van der Waals surface area contributed by atoms with Gasteiger partial charge >= 0.3 is 0 Å². The van der Waals surface area contributed by atoms with Crippen molar-refractivity contribution in [1.29, 1.82) is 0 Å². The first-order valence-electron chi connectivity index (χ1n) is 11.1. The van der Waals surface area contributed by atoms with Crippen LogP contribution in [0.3, 0.4) is 0 Å². The minimum atomic E-state index is -1.43. The maximum atomic E-state index is 10.8. The van der Waals surface area contributed by atoms with Gasteiger partial charge in [-0.3, -0.25) is 0 Å². The van der Waals surface area contributed by atoms with Crippen LogP contribution in [0.1, 0.15) is 16.7 Å². The normalized spacial score (nSPS) is 27.4. The molecule has 0 spiro atoms. The Bertz CT molecular complexity index is 895. The van der Waals surface area contributed by atoms with E-state index >= 15 is 0 Å². The van der Waals surface area contributed by atoms with Gasteiger partial charge in [0.25, 0.3) is 0 Å². The molecule has 0 bridgehead atoms. The van der Waals surface area contributed by atoms with Gasteiger partial charge in [0.1, 0.15) is 36.6 Å². The molecule has 1 fully saturated rings. The fourth-order valence-electron chi connectivity index (χ4n) is 4.04. The van der Waals surface area contributed by atoms with Crippen molar-refractivity contribution >= 4 is 0 Å². The molecule has 1 aliphatic carbocycles.